The molecule has 0 radical (unpaired) electrons. The molecule has 0 fully saturated rings. The highest BCUT2D eigenvalue weighted by molar-refractivity contribution is 5.77. The molecule has 0 aliphatic rings. The fourth-order valence-electron chi connectivity index (χ4n) is 1.25. The second-order valence-corrected chi connectivity index (χ2v) is 3.04. The van der Waals surface area contributed by atoms with Crippen LogP contribution in [0.15, 0.2) is 35.0 Å². The number of nitrogens with zero attached hydrogens (tertiary/aromatic N) is 1. The lowest BCUT2D eigenvalue weighted by atomic mass is 10.2. The van der Waals surface area contributed by atoms with Crippen LogP contribution in [-0.2, 0) is 0 Å². The van der Waals surface area contributed by atoms with Crippen molar-refractivity contribution in [3.05, 3.63) is 41.9 Å². The average Bonchev–Trinajstić information content (AvgIpc) is 2.65. The topological polar surface area (TPSA) is 43.1 Å². The predicted octanol–water partition coefficient (Wildman–Crippen LogP) is 2.46. The van der Waals surface area contributed by atoms with Crippen molar-refractivity contribution in [2.45, 2.75) is 6.92 Å². The summed E-state index contributed by atoms with van der Waals surface area (Å²) in [7, 11) is 0. The maximum absolute atomic E-state index is 10.5. The Morgan fingerprint density at radius 2 is 2.21 bits per heavy atom. The number of rotatable bonds is 2. The lowest BCUT2D eigenvalue weighted by molar-refractivity contribution is 0.112. The van der Waals surface area contributed by atoms with Gasteiger partial charge in [0.05, 0.1) is 0 Å². The van der Waals surface area contributed by atoms with E-state index in [-0.39, 0.29) is 0 Å². The molecular formula is C11H9NO2. The quantitative estimate of drug-likeness (QED) is 0.678. The van der Waals surface area contributed by atoms with Crippen molar-refractivity contribution in [2.75, 3.05) is 0 Å². The van der Waals surface area contributed by atoms with E-state index in [2.05, 4.69) is 4.98 Å². The summed E-state index contributed by atoms with van der Waals surface area (Å²) in [5.74, 6) is 1.58. The number of aromatic nitrogens is 1. The summed E-state index contributed by atoms with van der Waals surface area (Å²) in [6, 6.07) is 5.49. The van der Waals surface area contributed by atoms with Crippen LogP contribution in [0.4, 0.5) is 0 Å². The van der Waals surface area contributed by atoms with E-state index in [9.17, 15) is 4.79 Å². The van der Waals surface area contributed by atoms with Crippen LogP contribution in [-0.4, -0.2) is 11.3 Å². The highest BCUT2D eigenvalue weighted by atomic mass is 16.3. The molecule has 0 saturated heterocycles. The number of hydrogen-bond acceptors (Lipinski definition) is 3. The van der Waals surface area contributed by atoms with E-state index in [1.807, 2.05) is 19.1 Å². The number of aryl methyl sites for hydroxylation is 1. The molecule has 3 heteroatoms. The Labute approximate surface area is 81.4 Å². The Bertz CT molecular complexity index is 460. The molecule has 70 valence electrons. The van der Waals surface area contributed by atoms with Crippen LogP contribution < -0.4 is 0 Å². The molecule has 3 nitrogen and oxygen atoms in total. The summed E-state index contributed by atoms with van der Waals surface area (Å²) in [4.78, 5) is 14.5. The van der Waals surface area contributed by atoms with Gasteiger partial charge >= 0.3 is 0 Å². The monoisotopic (exact) mass is 187 g/mol. The van der Waals surface area contributed by atoms with Crippen LogP contribution in [0.5, 0.6) is 0 Å². The largest absolute Gasteiger partial charge is 0.461 e. The van der Waals surface area contributed by atoms with Gasteiger partial charge < -0.3 is 4.42 Å². The van der Waals surface area contributed by atoms with Crippen molar-refractivity contribution in [1.29, 1.82) is 0 Å². The molecular weight excluding hydrogens is 178 g/mol. The number of aldehydes is 1. The van der Waals surface area contributed by atoms with E-state index in [0.717, 1.165) is 23.4 Å². The molecule has 2 heterocycles. The summed E-state index contributed by atoms with van der Waals surface area (Å²) in [6.45, 7) is 1.88. The van der Waals surface area contributed by atoms with E-state index in [0.29, 0.717) is 5.56 Å². The third kappa shape index (κ3) is 1.57. The Hall–Kier alpha value is -1.90. The Balaban J connectivity index is 2.46. The van der Waals surface area contributed by atoms with Gasteiger partial charge in [0, 0.05) is 23.5 Å². The summed E-state index contributed by atoms with van der Waals surface area (Å²) in [5.41, 5.74) is 1.37. The zero-order chi connectivity index (χ0) is 9.97. The van der Waals surface area contributed by atoms with Crippen molar-refractivity contribution in [3.8, 4) is 11.3 Å². The van der Waals surface area contributed by atoms with Gasteiger partial charge in [-0.2, -0.15) is 0 Å². The van der Waals surface area contributed by atoms with Gasteiger partial charge in [-0.3, -0.25) is 9.78 Å². The molecule has 0 saturated carbocycles. The highest BCUT2D eigenvalue weighted by Gasteiger charge is 2.03. The summed E-state index contributed by atoms with van der Waals surface area (Å²) < 4.78 is 5.41. The molecule has 14 heavy (non-hydrogen) atoms. The Morgan fingerprint density at radius 1 is 1.36 bits per heavy atom. The molecule has 0 bridgehead atoms. The van der Waals surface area contributed by atoms with Gasteiger partial charge in [-0.25, -0.2) is 0 Å². The minimum Gasteiger partial charge on any atom is -0.461 e. The van der Waals surface area contributed by atoms with Gasteiger partial charge in [0.2, 0.25) is 0 Å². The van der Waals surface area contributed by atoms with Crippen LogP contribution in [0, 0.1) is 6.92 Å². The molecule has 0 spiro atoms. The summed E-state index contributed by atoms with van der Waals surface area (Å²) >= 11 is 0. The smallest absolute Gasteiger partial charge is 0.151 e. The lowest BCUT2D eigenvalue weighted by Crippen LogP contribution is -1.83. The summed E-state index contributed by atoms with van der Waals surface area (Å²) in [6.07, 6.45) is 3.96. The molecule has 2 rings (SSSR count). The van der Waals surface area contributed by atoms with Gasteiger partial charge in [0.25, 0.3) is 0 Å². The standard InChI is InChI=1S/C11H9NO2/c1-8-2-3-11(14-8)10-4-9(7-13)5-12-6-10/h2-7H,1H3. The van der Waals surface area contributed by atoms with Crippen LogP contribution in [0.1, 0.15) is 16.1 Å². The van der Waals surface area contributed by atoms with Crippen molar-refractivity contribution < 1.29 is 9.21 Å². The van der Waals surface area contributed by atoms with E-state index in [1.54, 1.807) is 12.3 Å². The molecule has 0 aliphatic heterocycles. The Morgan fingerprint density at radius 3 is 2.86 bits per heavy atom. The zero-order valence-electron chi connectivity index (χ0n) is 7.73. The maximum atomic E-state index is 10.5. The third-order valence-electron chi connectivity index (χ3n) is 1.92. The van der Waals surface area contributed by atoms with E-state index in [4.69, 9.17) is 4.42 Å². The van der Waals surface area contributed by atoms with Crippen LogP contribution in [0.3, 0.4) is 0 Å². The predicted molar refractivity (Wildman–Crippen MR) is 52.1 cm³/mol. The van der Waals surface area contributed by atoms with Crippen molar-refractivity contribution in [3.63, 3.8) is 0 Å². The van der Waals surface area contributed by atoms with Crippen molar-refractivity contribution in [2.24, 2.45) is 0 Å². The number of pyridine rings is 1. The van der Waals surface area contributed by atoms with Gasteiger partial charge in [-0.05, 0) is 25.1 Å². The lowest BCUT2D eigenvalue weighted by Gasteiger charge is -1.96. The highest BCUT2D eigenvalue weighted by Crippen LogP contribution is 2.21. The molecule has 0 N–H and O–H groups in total. The van der Waals surface area contributed by atoms with Gasteiger partial charge in [-0.15, -0.1) is 0 Å². The zero-order valence-corrected chi connectivity index (χ0v) is 7.73. The number of hydrogen-bond donors (Lipinski definition) is 0. The molecule has 0 unspecified atom stereocenters. The van der Waals surface area contributed by atoms with Gasteiger partial charge in [0.1, 0.15) is 11.5 Å². The second-order valence-electron chi connectivity index (χ2n) is 3.04. The SMILES string of the molecule is Cc1ccc(-c2cncc(C=O)c2)o1. The van der Waals surface area contributed by atoms with E-state index >= 15 is 0 Å². The van der Waals surface area contributed by atoms with Crippen molar-refractivity contribution >= 4 is 6.29 Å². The van der Waals surface area contributed by atoms with Crippen molar-refractivity contribution in [1.82, 2.24) is 4.98 Å². The fourth-order valence-corrected chi connectivity index (χ4v) is 1.25. The molecule has 0 amide bonds. The first-order valence-electron chi connectivity index (χ1n) is 4.26. The normalized spacial score (nSPS) is 10.1. The first-order chi connectivity index (χ1) is 6.79. The van der Waals surface area contributed by atoms with Crippen LogP contribution in [0.25, 0.3) is 11.3 Å². The fraction of sp³-hybridized carbons (Fsp3) is 0.0909. The van der Waals surface area contributed by atoms with Crippen LogP contribution in [0.2, 0.25) is 0 Å². The molecule has 0 aliphatic carbocycles. The van der Waals surface area contributed by atoms with Crippen LogP contribution >= 0.6 is 0 Å². The van der Waals surface area contributed by atoms with Gasteiger partial charge in [0.15, 0.2) is 6.29 Å². The molecule has 2 aromatic heterocycles. The minimum absolute atomic E-state index is 0.552. The summed E-state index contributed by atoms with van der Waals surface area (Å²) in [5, 5.41) is 0. The molecule has 0 aromatic carbocycles. The maximum Gasteiger partial charge on any atom is 0.151 e. The van der Waals surface area contributed by atoms with Gasteiger partial charge in [-0.1, -0.05) is 0 Å². The first kappa shape index (κ1) is 8.69. The second kappa shape index (κ2) is 3.46. The average molecular weight is 187 g/mol. The minimum atomic E-state index is 0.552. The molecule has 2 aromatic rings. The van der Waals surface area contributed by atoms with E-state index < -0.39 is 0 Å². The Kier molecular flexibility index (Phi) is 2.14. The number of carbonyl (C=O) groups excluding carboxylic acids is 1. The number of carbonyl (C=O) groups is 1. The first-order valence-corrected chi connectivity index (χ1v) is 4.26. The molecule has 0 atom stereocenters. The number of furan rings is 1. The third-order valence-corrected chi connectivity index (χ3v) is 1.92. The van der Waals surface area contributed by atoms with E-state index in [1.165, 1.54) is 6.20 Å².